The number of nitrogens with two attached hydrogens (primary N) is 1. The quantitative estimate of drug-likeness (QED) is 0.766. The minimum atomic E-state index is -1.02. The number of halogens is 1. The Labute approximate surface area is 93.4 Å². The number of hydrogen-bond donors (Lipinski definition) is 1. The third-order valence-corrected chi connectivity index (χ3v) is 2.86. The van der Waals surface area contributed by atoms with Crippen molar-refractivity contribution >= 4 is 5.97 Å². The molecule has 2 N–H and O–H groups in total. The summed E-state index contributed by atoms with van der Waals surface area (Å²) in [5.41, 5.74) is 6.70. The Hall–Kier alpha value is -1.42. The first kappa shape index (κ1) is 11.1. The van der Waals surface area contributed by atoms with Crippen molar-refractivity contribution in [1.29, 1.82) is 0 Å². The molecule has 0 spiro atoms. The summed E-state index contributed by atoms with van der Waals surface area (Å²) in [5.74, 6) is -0.710. The van der Waals surface area contributed by atoms with Crippen molar-refractivity contribution in [2.24, 2.45) is 5.73 Å². The van der Waals surface area contributed by atoms with E-state index in [9.17, 15) is 9.18 Å². The van der Waals surface area contributed by atoms with Gasteiger partial charge in [0.05, 0.1) is 6.61 Å². The maximum atomic E-state index is 13.0. The summed E-state index contributed by atoms with van der Waals surface area (Å²) >= 11 is 0. The second kappa shape index (κ2) is 3.87. The van der Waals surface area contributed by atoms with Crippen molar-refractivity contribution in [2.75, 3.05) is 6.61 Å². The van der Waals surface area contributed by atoms with Crippen LogP contribution in [0, 0.1) is 5.82 Å². The molecule has 0 saturated heterocycles. The van der Waals surface area contributed by atoms with Gasteiger partial charge in [0.25, 0.3) is 0 Å². The van der Waals surface area contributed by atoms with E-state index in [1.807, 2.05) is 0 Å². The molecule has 4 heteroatoms. The second-order valence-corrected chi connectivity index (χ2v) is 4.14. The molecule has 0 amide bonds. The molecule has 1 aromatic carbocycles. The van der Waals surface area contributed by atoms with Crippen LogP contribution in [0.4, 0.5) is 4.39 Å². The third-order valence-electron chi connectivity index (χ3n) is 2.86. The van der Waals surface area contributed by atoms with Crippen LogP contribution < -0.4 is 5.73 Å². The van der Waals surface area contributed by atoms with Crippen LogP contribution in [0.2, 0.25) is 0 Å². The van der Waals surface area contributed by atoms with Crippen molar-refractivity contribution in [2.45, 2.75) is 25.3 Å². The lowest BCUT2D eigenvalue weighted by Gasteiger charge is -2.20. The number of benzene rings is 1. The Morgan fingerprint density at radius 2 is 2.19 bits per heavy atom. The van der Waals surface area contributed by atoms with E-state index >= 15 is 0 Å². The monoisotopic (exact) mass is 223 g/mol. The topological polar surface area (TPSA) is 52.3 Å². The Kier molecular flexibility index (Phi) is 2.68. The predicted octanol–water partition coefficient (Wildman–Crippen LogP) is 1.18. The lowest BCUT2D eigenvalue weighted by molar-refractivity contribution is -0.149. The van der Waals surface area contributed by atoms with Crippen LogP contribution in [0.25, 0.3) is 0 Å². The average Bonchev–Trinajstić information content (AvgIpc) is 2.55. The summed E-state index contributed by atoms with van der Waals surface area (Å²) in [6.45, 7) is 2.05. The molecule has 2 rings (SSSR count). The van der Waals surface area contributed by atoms with E-state index in [1.54, 1.807) is 13.0 Å². The Bertz CT molecular complexity index is 433. The fraction of sp³-hybridized carbons (Fsp3) is 0.417. The number of rotatable bonds is 2. The highest BCUT2D eigenvalue weighted by atomic mass is 19.1. The van der Waals surface area contributed by atoms with Crippen molar-refractivity contribution in [3.63, 3.8) is 0 Å². The van der Waals surface area contributed by atoms with Gasteiger partial charge in [0, 0.05) is 12.8 Å². The molecule has 1 aliphatic carbocycles. The second-order valence-electron chi connectivity index (χ2n) is 4.14. The van der Waals surface area contributed by atoms with Gasteiger partial charge in [0.15, 0.2) is 0 Å². The van der Waals surface area contributed by atoms with Gasteiger partial charge in [-0.1, -0.05) is 6.07 Å². The number of carbonyl (C=O) groups excluding carboxylic acids is 1. The summed E-state index contributed by atoms with van der Waals surface area (Å²) in [6.07, 6.45) is 0.764. The number of carbonyl (C=O) groups is 1. The van der Waals surface area contributed by atoms with E-state index in [-0.39, 0.29) is 5.82 Å². The van der Waals surface area contributed by atoms with Gasteiger partial charge in [-0.2, -0.15) is 0 Å². The molecule has 1 aliphatic rings. The van der Waals surface area contributed by atoms with Crippen molar-refractivity contribution < 1.29 is 13.9 Å². The maximum Gasteiger partial charge on any atom is 0.326 e. The first-order chi connectivity index (χ1) is 7.55. The van der Waals surface area contributed by atoms with Crippen molar-refractivity contribution in [3.05, 3.63) is 35.1 Å². The Balaban J connectivity index is 2.24. The SMILES string of the molecule is CCOC(=O)[C@]1(N)Cc2ccc(F)cc2C1. The highest BCUT2D eigenvalue weighted by molar-refractivity contribution is 5.82. The van der Waals surface area contributed by atoms with Gasteiger partial charge < -0.3 is 10.5 Å². The van der Waals surface area contributed by atoms with Crippen molar-refractivity contribution in [1.82, 2.24) is 0 Å². The predicted molar refractivity (Wildman–Crippen MR) is 57.4 cm³/mol. The van der Waals surface area contributed by atoms with Crippen LogP contribution in [-0.4, -0.2) is 18.1 Å². The summed E-state index contributed by atoms with van der Waals surface area (Å²) in [5, 5.41) is 0. The minimum Gasteiger partial charge on any atom is -0.465 e. The zero-order valence-electron chi connectivity index (χ0n) is 9.13. The summed E-state index contributed by atoms with van der Waals surface area (Å²) in [7, 11) is 0. The van der Waals surface area contributed by atoms with Gasteiger partial charge in [0.1, 0.15) is 11.4 Å². The molecule has 1 atom stereocenters. The van der Waals surface area contributed by atoms with Crippen LogP contribution in [0.5, 0.6) is 0 Å². The van der Waals surface area contributed by atoms with E-state index in [4.69, 9.17) is 10.5 Å². The van der Waals surface area contributed by atoms with E-state index in [1.165, 1.54) is 12.1 Å². The number of ether oxygens (including phenoxy) is 1. The van der Waals surface area contributed by atoms with Gasteiger partial charge in [-0.15, -0.1) is 0 Å². The Morgan fingerprint density at radius 1 is 1.50 bits per heavy atom. The first-order valence-electron chi connectivity index (χ1n) is 5.28. The number of esters is 1. The molecule has 0 radical (unpaired) electrons. The lowest BCUT2D eigenvalue weighted by Crippen LogP contribution is -2.50. The summed E-state index contributed by atoms with van der Waals surface area (Å²) < 4.78 is 17.9. The Morgan fingerprint density at radius 3 is 2.88 bits per heavy atom. The van der Waals surface area contributed by atoms with E-state index < -0.39 is 11.5 Å². The molecular weight excluding hydrogens is 209 g/mol. The number of hydrogen-bond acceptors (Lipinski definition) is 3. The third kappa shape index (κ3) is 1.80. The van der Waals surface area contributed by atoms with Crippen LogP contribution in [0.15, 0.2) is 18.2 Å². The van der Waals surface area contributed by atoms with Crippen LogP contribution in [-0.2, 0) is 22.4 Å². The highest BCUT2D eigenvalue weighted by Crippen LogP contribution is 2.29. The lowest BCUT2D eigenvalue weighted by atomic mass is 9.98. The smallest absolute Gasteiger partial charge is 0.326 e. The van der Waals surface area contributed by atoms with Gasteiger partial charge in [-0.3, -0.25) is 4.79 Å². The largest absolute Gasteiger partial charge is 0.465 e. The molecule has 0 bridgehead atoms. The summed E-state index contributed by atoms with van der Waals surface area (Å²) in [4.78, 5) is 11.7. The highest BCUT2D eigenvalue weighted by Gasteiger charge is 2.41. The normalized spacial score (nSPS) is 22.9. The van der Waals surface area contributed by atoms with Crippen LogP contribution >= 0.6 is 0 Å². The maximum absolute atomic E-state index is 13.0. The molecule has 86 valence electrons. The van der Waals surface area contributed by atoms with Crippen molar-refractivity contribution in [3.8, 4) is 0 Å². The molecule has 0 fully saturated rings. The summed E-state index contributed by atoms with van der Waals surface area (Å²) in [6, 6.07) is 4.50. The molecule has 3 nitrogen and oxygen atoms in total. The van der Waals surface area contributed by atoms with E-state index in [0.29, 0.717) is 19.4 Å². The van der Waals surface area contributed by atoms with Crippen LogP contribution in [0.3, 0.4) is 0 Å². The zero-order chi connectivity index (χ0) is 11.8. The average molecular weight is 223 g/mol. The molecule has 1 aromatic rings. The van der Waals surface area contributed by atoms with Gasteiger partial charge in [-0.05, 0) is 30.2 Å². The standard InChI is InChI=1S/C12H14FNO2/c1-2-16-11(15)12(14)6-8-3-4-10(13)5-9(8)7-12/h3-5H,2,6-7,14H2,1H3/t12-/m0/s1. The van der Waals surface area contributed by atoms with Gasteiger partial charge in [-0.25, -0.2) is 4.39 Å². The zero-order valence-corrected chi connectivity index (χ0v) is 9.13. The molecule has 0 aliphatic heterocycles. The van der Waals surface area contributed by atoms with E-state index in [2.05, 4.69) is 0 Å². The minimum absolute atomic E-state index is 0.299. The fourth-order valence-corrected chi connectivity index (χ4v) is 2.09. The fourth-order valence-electron chi connectivity index (χ4n) is 2.09. The van der Waals surface area contributed by atoms with Gasteiger partial charge in [0.2, 0.25) is 0 Å². The molecule has 0 heterocycles. The molecule has 0 saturated carbocycles. The van der Waals surface area contributed by atoms with Crippen LogP contribution in [0.1, 0.15) is 18.1 Å². The molecule has 0 aromatic heterocycles. The van der Waals surface area contributed by atoms with E-state index in [0.717, 1.165) is 11.1 Å². The first-order valence-corrected chi connectivity index (χ1v) is 5.28. The molecule has 16 heavy (non-hydrogen) atoms. The molecule has 0 unspecified atom stereocenters. The van der Waals surface area contributed by atoms with Gasteiger partial charge >= 0.3 is 5.97 Å². The number of fused-ring (bicyclic) bond motifs is 1. The molecular formula is C12H14FNO2.